The Hall–Kier alpha value is 0.116. The molecule has 0 fully saturated rings. The predicted molar refractivity (Wildman–Crippen MR) is 45.0 cm³/mol. The molecular formula is C9H10Po. The molecule has 1 aliphatic rings. The van der Waals surface area contributed by atoms with E-state index in [1.165, 1.54) is 12.8 Å². The first-order valence-electron chi connectivity index (χ1n) is 3.67. The Kier molecular flexibility index (Phi) is 2.05. The summed E-state index contributed by atoms with van der Waals surface area (Å²) in [6.45, 7) is 0. The zero-order chi connectivity index (χ0) is 6.81. The first-order valence-corrected chi connectivity index (χ1v) is 7.51. The van der Waals surface area contributed by atoms with Crippen LogP contribution in [0.5, 0.6) is 0 Å². The van der Waals surface area contributed by atoms with Gasteiger partial charge in [0.1, 0.15) is 0 Å². The van der Waals surface area contributed by atoms with E-state index in [-0.39, 0.29) is 23.6 Å². The first-order chi connectivity index (χ1) is 4.97. The summed E-state index contributed by atoms with van der Waals surface area (Å²) in [7, 11) is 0. The Bertz CT molecular complexity index is 205. The van der Waals surface area contributed by atoms with Gasteiger partial charge in [-0.25, -0.2) is 0 Å². The molecule has 1 aliphatic heterocycles. The monoisotopic (exact) mass is 327 g/mol. The fraction of sp³-hybridized carbons (Fsp3) is 0.333. The normalized spacial score (nSPS) is 16.4. The summed E-state index contributed by atoms with van der Waals surface area (Å²) in [4.78, 5) is 0. The van der Waals surface area contributed by atoms with E-state index in [0.29, 0.717) is 0 Å². The third kappa shape index (κ3) is 1.25. The summed E-state index contributed by atoms with van der Waals surface area (Å²) in [6, 6.07) is 8.99. The molecule has 1 heteroatoms. The van der Waals surface area contributed by atoms with Crippen LogP contribution in [0.1, 0.15) is 12.0 Å². The molecule has 0 radical (unpaired) electrons. The van der Waals surface area contributed by atoms with Crippen LogP contribution >= 0.6 is 0 Å². The van der Waals surface area contributed by atoms with Crippen LogP contribution in [0.4, 0.5) is 0 Å². The van der Waals surface area contributed by atoms with Gasteiger partial charge in [-0.3, -0.25) is 0 Å². The molecule has 0 spiro atoms. The number of rotatable bonds is 0. The van der Waals surface area contributed by atoms with Crippen molar-refractivity contribution < 1.29 is 0 Å². The molecule has 0 bridgehead atoms. The zero-order valence-corrected chi connectivity index (χ0v) is 9.01. The van der Waals surface area contributed by atoms with E-state index in [4.69, 9.17) is 0 Å². The second kappa shape index (κ2) is 3.01. The number of aryl methyl sites for hydroxylation is 1. The number of hydrogen-bond donors (Lipinski definition) is 0. The molecule has 0 saturated carbocycles. The number of fused-ring (bicyclic) bond motifs is 1. The molecule has 1 heterocycles. The minimum absolute atomic E-state index is 0.0721. The minimum atomic E-state index is -0.0721. The Morgan fingerprint density at radius 3 is 3.00 bits per heavy atom. The van der Waals surface area contributed by atoms with Gasteiger partial charge in [0.2, 0.25) is 0 Å². The van der Waals surface area contributed by atoms with E-state index in [2.05, 4.69) is 24.3 Å². The third-order valence-electron chi connectivity index (χ3n) is 1.82. The van der Waals surface area contributed by atoms with Crippen LogP contribution in [0, 0.1) is 0 Å². The summed E-state index contributed by atoms with van der Waals surface area (Å²) in [6.07, 6.45) is 2.80. The topological polar surface area (TPSA) is 0 Å². The molecule has 1 aromatic rings. The molecule has 10 heavy (non-hydrogen) atoms. The van der Waals surface area contributed by atoms with Crippen LogP contribution in [-0.2, 0) is 6.42 Å². The Morgan fingerprint density at radius 1 is 1.20 bits per heavy atom. The van der Waals surface area contributed by atoms with Crippen LogP contribution in [0.3, 0.4) is 0 Å². The molecule has 0 saturated heterocycles. The predicted octanol–water partition coefficient (Wildman–Crippen LogP) is 1.38. The van der Waals surface area contributed by atoms with Gasteiger partial charge in [0.15, 0.2) is 0 Å². The van der Waals surface area contributed by atoms with Crippen molar-refractivity contribution >= 4 is 26.8 Å². The van der Waals surface area contributed by atoms with Crippen molar-refractivity contribution in [3.05, 3.63) is 29.8 Å². The van der Waals surface area contributed by atoms with E-state index >= 15 is 0 Å². The quantitative estimate of drug-likeness (QED) is 0.675. The molecule has 0 atom stereocenters. The molecule has 0 nitrogen and oxygen atoms in total. The molecular weight excluding hydrogens is 317 g/mol. The summed E-state index contributed by atoms with van der Waals surface area (Å²) >= 11 is -0.0721. The summed E-state index contributed by atoms with van der Waals surface area (Å²) in [5.41, 5.74) is 1.65. The maximum atomic E-state index is 2.33. The van der Waals surface area contributed by atoms with Crippen molar-refractivity contribution in [3.63, 3.8) is 0 Å². The third-order valence-corrected chi connectivity index (χ3v) is 6.49. The van der Waals surface area contributed by atoms with Gasteiger partial charge >= 0.3 is 73.5 Å². The molecule has 52 valence electrons. The van der Waals surface area contributed by atoms with Gasteiger partial charge in [-0.2, -0.15) is 0 Å². The van der Waals surface area contributed by atoms with Gasteiger partial charge in [-0.05, 0) is 0 Å². The summed E-state index contributed by atoms with van der Waals surface area (Å²) in [5.74, 6) is 0. The van der Waals surface area contributed by atoms with Gasteiger partial charge in [0.25, 0.3) is 0 Å². The zero-order valence-electron chi connectivity index (χ0n) is 5.84. The van der Waals surface area contributed by atoms with Crippen LogP contribution in [0.2, 0.25) is 4.08 Å². The maximum absolute atomic E-state index is 2.33. The van der Waals surface area contributed by atoms with Crippen molar-refractivity contribution in [1.29, 1.82) is 0 Å². The standard InChI is InChI=1S/C9H10.Po/c1-2-6-9-7-4-3-5-8-9;/h3-5,7H,1-2,6H2;. The average molecular weight is 327 g/mol. The van der Waals surface area contributed by atoms with Gasteiger partial charge in [-0.15, -0.1) is 0 Å². The SMILES string of the molecule is c1cc[c]2c(c1)CC[CH2][Po]2. The van der Waals surface area contributed by atoms with Crippen molar-refractivity contribution in [2.24, 2.45) is 0 Å². The van der Waals surface area contributed by atoms with Crippen molar-refractivity contribution in [3.8, 4) is 0 Å². The van der Waals surface area contributed by atoms with Crippen LogP contribution in [0.25, 0.3) is 0 Å². The fourth-order valence-electron chi connectivity index (χ4n) is 1.30. The van der Waals surface area contributed by atoms with Gasteiger partial charge < -0.3 is 0 Å². The van der Waals surface area contributed by atoms with E-state index in [1.807, 2.05) is 0 Å². The van der Waals surface area contributed by atoms with Crippen LogP contribution < -0.4 is 3.22 Å². The second-order valence-corrected chi connectivity index (χ2v) is 6.98. The second-order valence-electron chi connectivity index (χ2n) is 2.56. The fourth-order valence-corrected chi connectivity index (χ4v) is 5.33. The molecule has 1 aromatic carbocycles. The number of benzene rings is 1. The Morgan fingerprint density at radius 2 is 2.10 bits per heavy atom. The average Bonchev–Trinajstić information content (AvgIpc) is 2.05. The van der Waals surface area contributed by atoms with Crippen molar-refractivity contribution in [1.82, 2.24) is 0 Å². The summed E-state index contributed by atoms with van der Waals surface area (Å²) in [5, 5.41) is 0. The van der Waals surface area contributed by atoms with Crippen molar-refractivity contribution in [2.75, 3.05) is 0 Å². The van der Waals surface area contributed by atoms with Gasteiger partial charge in [-0.1, -0.05) is 0 Å². The molecule has 0 unspecified atom stereocenters. The van der Waals surface area contributed by atoms with E-state index in [0.717, 1.165) is 0 Å². The van der Waals surface area contributed by atoms with Gasteiger partial charge in [0.05, 0.1) is 0 Å². The number of hydrogen-bond acceptors (Lipinski definition) is 0. The Balaban J connectivity index is 2.41. The molecule has 0 aromatic heterocycles. The Labute approximate surface area is 73.4 Å². The summed E-state index contributed by atoms with van der Waals surface area (Å²) < 4.78 is 3.30. The van der Waals surface area contributed by atoms with E-state index in [9.17, 15) is 0 Å². The molecule has 2 rings (SSSR count). The van der Waals surface area contributed by atoms with Gasteiger partial charge in [0, 0.05) is 0 Å². The van der Waals surface area contributed by atoms with Crippen molar-refractivity contribution in [2.45, 2.75) is 16.9 Å². The van der Waals surface area contributed by atoms with Crippen LogP contribution in [0.15, 0.2) is 24.3 Å². The molecule has 0 aliphatic carbocycles. The first kappa shape index (κ1) is 6.80. The van der Waals surface area contributed by atoms with Crippen LogP contribution in [-0.4, -0.2) is 23.6 Å². The van der Waals surface area contributed by atoms with E-state index in [1.54, 1.807) is 12.9 Å². The van der Waals surface area contributed by atoms with E-state index < -0.39 is 0 Å². The molecule has 0 N–H and O–H groups in total. The molecule has 0 amide bonds.